The van der Waals surface area contributed by atoms with Crippen molar-refractivity contribution in [3.05, 3.63) is 46.4 Å². The molecule has 0 saturated heterocycles. The number of nitrogens with one attached hydrogen (secondary N) is 1. The summed E-state index contributed by atoms with van der Waals surface area (Å²) in [6.07, 6.45) is 18.2. The standard InChI is InChI=1S/C26H36BrN/c1-2-3-4-5-6-7-8-9-10-11-12-13-14-21-15-18-25-24(19-21)23-17-16-22(27)20-26(23)28-25/h15-20,28H,2-14H2,1H3. The topological polar surface area (TPSA) is 15.8 Å². The Labute approximate surface area is 179 Å². The molecule has 0 fully saturated rings. The zero-order valence-corrected chi connectivity index (χ0v) is 19.1. The average molecular weight is 442 g/mol. The molecule has 0 aliphatic carbocycles. The van der Waals surface area contributed by atoms with Crippen molar-refractivity contribution < 1.29 is 0 Å². The zero-order chi connectivity index (χ0) is 19.6. The fourth-order valence-corrected chi connectivity index (χ4v) is 4.61. The van der Waals surface area contributed by atoms with E-state index in [1.54, 1.807) is 0 Å². The number of hydrogen-bond donors (Lipinski definition) is 1. The van der Waals surface area contributed by atoms with Gasteiger partial charge >= 0.3 is 0 Å². The number of halogens is 1. The molecule has 0 spiro atoms. The summed E-state index contributed by atoms with van der Waals surface area (Å²) in [5, 5.41) is 2.69. The van der Waals surface area contributed by atoms with E-state index in [0.717, 1.165) is 4.47 Å². The minimum Gasteiger partial charge on any atom is -0.354 e. The van der Waals surface area contributed by atoms with Crippen LogP contribution < -0.4 is 0 Å². The van der Waals surface area contributed by atoms with Crippen molar-refractivity contribution >= 4 is 37.7 Å². The number of aromatic nitrogens is 1. The molecule has 0 bridgehead atoms. The number of aryl methyl sites for hydroxylation is 1. The van der Waals surface area contributed by atoms with E-state index in [1.165, 1.54) is 111 Å². The Kier molecular flexibility index (Phi) is 8.92. The molecule has 28 heavy (non-hydrogen) atoms. The monoisotopic (exact) mass is 441 g/mol. The minimum atomic E-state index is 1.13. The third kappa shape index (κ3) is 6.37. The van der Waals surface area contributed by atoms with E-state index in [9.17, 15) is 0 Å². The van der Waals surface area contributed by atoms with Crippen LogP contribution in [-0.2, 0) is 6.42 Å². The molecule has 0 saturated carbocycles. The minimum absolute atomic E-state index is 1.13. The van der Waals surface area contributed by atoms with Crippen molar-refractivity contribution in [2.24, 2.45) is 0 Å². The van der Waals surface area contributed by atoms with Gasteiger partial charge in [0.05, 0.1) is 0 Å². The van der Waals surface area contributed by atoms with Gasteiger partial charge in [-0.2, -0.15) is 0 Å². The van der Waals surface area contributed by atoms with Crippen molar-refractivity contribution in [1.82, 2.24) is 4.98 Å². The average Bonchev–Trinajstić information content (AvgIpc) is 3.05. The van der Waals surface area contributed by atoms with Crippen molar-refractivity contribution in [2.45, 2.75) is 90.4 Å². The summed E-state index contributed by atoms with van der Waals surface area (Å²) in [6.45, 7) is 2.29. The van der Waals surface area contributed by atoms with E-state index in [-0.39, 0.29) is 0 Å². The third-order valence-corrected chi connectivity index (χ3v) is 6.44. The van der Waals surface area contributed by atoms with Crippen LogP contribution in [0.5, 0.6) is 0 Å². The normalized spacial score (nSPS) is 11.6. The number of benzene rings is 2. The predicted molar refractivity (Wildman–Crippen MR) is 128 cm³/mol. The highest BCUT2D eigenvalue weighted by Crippen LogP contribution is 2.29. The maximum absolute atomic E-state index is 3.57. The van der Waals surface area contributed by atoms with Gasteiger partial charge in [0, 0.05) is 26.3 Å². The summed E-state index contributed by atoms with van der Waals surface area (Å²) in [5.74, 6) is 0. The van der Waals surface area contributed by atoms with Gasteiger partial charge in [-0.3, -0.25) is 0 Å². The summed E-state index contributed by atoms with van der Waals surface area (Å²) in [6, 6.07) is 13.4. The molecule has 152 valence electrons. The van der Waals surface area contributed by atoms with Crippen LogP contribution in [0.15, 0.2) is 40.9 Å². The lowest BCUT2D eigenvalue weighted by Gasteiger charge is -2.04. The summed E-state index contributed by atoms with van der Waals surface area (Å²) in [4.78, 5) is 3.53. The van der Waals surface area contributed by atoms with E-state index >= 15 is 0 Å². The lowest BCUT2D eigenvalue weighted by atomic mass is 10.0. The van der Waals surface area contributed by atoms with Crippen molar-refractivity contribution in [1.29, 1.82) is 0 Å². The number of H-pyrrole nitrogens is 1. The van der Waals surface area contributed by atoms with Crippen molar-refractivity contribution in [3.8, 4) is 0 Å². The zero-order valence-electron chi connectivity index (χ0n) is 17.5. The molecular formula is C26H36BrN. The number of fused-ring (bicyclic) bond motifs is 3. The van der Waals surface area contributed by atoms with Gasteiger partial charge in [-0.15, -0.1) is 0 Å². The Morgan fingerprint density at radius 3 is 1.96 bits per heavy atom. The molecule has 2 aromatic carbocycles. The third-order valence-electron chi connectivity index (χ3n) is 5.94. The molecule has 0 amide bonds. The van der Waals surface area contributed by atoms with Crippen LogP contribution in [-0.4, -0.2) is 4.98 Å². The Morgan fingerprint density at radius 2 is 1.29 bits per heavy atom. The molecule has 0 atom stereocenters. The van der Waals surface area contributed by atoms with Crippen LogP contribution in [0.2, 0.25) is 0 Å². The fourth-order valence-electron chi connectivity index (χ4n) is 4.25. The lowest BCUT2D eigenvalue weighted by Crippen LogP contribution is -1.87. The first-order chi connectivity index (χ1) is 13.8. The first-order valence-electron chi connectivity index (χ1n) is 11.5. The van der Waals surface area contributed by atoms with Gasteiger partial charge < -0.3 is 4.98 Å². The van der Waals surface area contributed by atoms with Gasteiger partial charge in [-0.1, -0.05) is 106 Å². The molecule has 3 rings (SSSR count). The maximum atomic E-state index is 3.57. The second-order valence-corrected chi connectivity index (χ2v) is 9.25. The van der Waals surface area contributed by atoms with Gasteiger partial charge in [-0.05, 0) is 42.7 Å². The number of unbranched alkanes of at least 4 members (excludes halogenated alkanes) is 11. The first-order valence-corrected chi connectivity index (χ1v) is 12.3. The molecule has 0 radical (unpaired) electrons. The summed E-state index contributed by atoms with van der Waals surface area (Å²) >= 11 is 3.57. The fraction of sp³-hybridized carbons (Fsp3) is 0.538. The quantitative estimate of drug-likeness (QED) is 0.254. The van der Waals surface area contributed by atoms with Gasteiger partial charge in [0.25, 0.3) is 0 Å². The second kappa shape index (κ2) is 11.7. The van der Waals surface area contributed by atoms with Crippen LogP contribution in [0.3, 0.4) is 0 Å². The lowest BCUT2D eigenvalue weighted by molar-refractivity contribution is 0.544. The molecular weight excluding hydrogens is 406 g/mol. The highest BCUT2D eigenvalue weighted by molar-refractivity contribution is 9.10. The van der Waals surface area contributed by atoms with E-state index in [0.29, 0.717) is 0 Å². The highest BCUT2D eigenvalue weighted by atomic mass is 79.9. The highest BCUT2D eigenvalue weighted by Gasteiger charge is 2.05. The van der Waals surface area contributed by atoms with E-state index in [4.69, 9.17) is 0 Å². The van der Waals surface area contributed by atoms with Gasteiger partial charge in [0.1, 0.15) is 0 Å². The molecule has 1 N–H and O–H groups in total. The number of rotatable bonds is 13. The maximum Gasteiger partial charge on any atom is 0.0476 e. The summed E-state index contributed by atoms with van der Waals surface area (Å²) in [5.41, 5.74) is 3.93. The van der Waals surface area contributed by atoms with Crippen LogP contribution in [0, 0.1) is 0 Å². The largest absolute Gasteiger partial charge is 0.354 e. The smallest absolute Gasteiger partial charge is 0.0476 e. The van der Waals surface area contributed by atoms with E-state index in [1.807, 2.05) is 0 Å². The Bertz CT molecular complexity index is 848. The molecule has 1 aromatic heterocycles. The number of hydrogen-bond acceptors (Lipinski definition) is 0. The van der Waals surface area contributed by atoms with Crippen LogP contribution >= 0.6 is 15.9 Å². The SMILES string of the molecule is CCCCCCCCCCCCCCc1ccc2[nH]c3cc(Br)ccc3c2c1. The molecule has 2 heteroatoms. The van der Waals surface area contributed by atoms with Crippen molar-refractivity contribution in [2.75, 3.05) is 0 Å². The van der Waals surface area contributed by atoms with E-state index < -0.39 is 0 Å². The van der Waals surface area contributed by atoms with Gasteiger partial charge in [0.15, 0.2) is 0 Å². The Balaban J connectivity index is 1.33. The molecule has 0 aliphatic rings. The Morgan fingerprint density at radius 1 is 0.643 bits per heavy atom. The predicted octanol–water partition coefficient (Wildman–Crippen LogP) is 9.33. The van der Waals surface area contributed by atoms with Crippen LogP contribution in [0.25, 0.3) is 21.8 Å². The molecule has 1 nitrogen and oxygen atoms in total. The van der Waals surface area contributed by atoms with Crippen LogP contribution in [0.4, 0.5) is 0 Å². The van der Waals surface area contributed by atoms with Crippen LogP contribution in [0.1, 0.15) is 89.5 Å². The second-order valence-electron chi connectivity index (χ2n) is 8.33. The van der Waals surface area contributed by atoms with Gasteiger partial charge in [-0.25, -0.2) is 0 Å². The molecule has 1 heterocycles. The van der Waals surface area contributed by atoms with E-state index in [2.05, 4.69) is 64.2 Å². The molecule has 0 aliphatic heterocycles. The van der Waals surface area contributed by atoms with Crippen molar-refractivity contribution in [3.63, 3.8) is 0 Å². The summed E-state index contributed by atoms with van der Waals surface area (Å²) < 4.78 is 1.13. The summed E-state index contributed by atoms with van der Waals surface area (Å²) in [7, 11) is 0. The molecule has 0 unspecified atom stereocenters. The van der Waals surface area contributed by atoms with Gasteiger partial charge in [0.2, 0.25) is 0 Å². The number of aromatic amines is 1. The molecule has 3 aromatic rings. The Hall–Kier alpha value is -1.28. The first kappa shape index (κ1) is 21.4.